The van der Waals surface area contributed by atoms with Crippen molar-refractivity contribution in [2.75, 3.05) is 13.1 Å². The maximum atomic E-state index is 13.4. The molecule has 1 aliphatic carbocycles. The number of carbonyl (C=O) groups excluding carboxylic acids is 1. The topological polar surface area (TPSA) is 55.2 Å². The number of nitrogens with zero attached hydrogens (tertiary/aromatic N) is 3. The van der Waals surface area contributed by atoms with Crippen molar-refractivity contribution in [1.29, 1.82) is 0 Å². The van der Waals surface area contributed by atoms with Crippen molar-refractivity contribution in [2.24, 2.45) is 0 Å². The third-order valence-corrected chi connectivity index (χ3v) is 8.09. The third-order valence-electron chi connectivity index (χ3n) is 5.82. The van der Waals surface area contributed by atoms with Crippen LogP contribution < -0.4 is 5.56 Å². The molecule has 2 aliphatic rings. The molecule has 7 heteroatoms. The first kappa shape index (κ1) is 20.0. The van der Waals surface area contributed by atoms with E-state index < -0.39 is 0 Å². The number of amides is 1. The Balaban J connectivity index is 1.68. The summed E-state index contributed by atoms with van der Waals surface area (Å²) in [6.07, 6.45) is 8.58. The number of unbranched alkanes of at least 4 members (excludes halogenated alkanes) is 2. The number of carbonyl (C=O) groups is 1. The summed E-state index contributed by atoms with van der Waals surface area (Å²) in [7, 11) is 0. The van der Waals surface area contributed by atoms with Crippen molar-refractivity contribution in [2.45, 2.75) is 82.2 Å². The fourth-order valence-corrected chi connectivity index (χ4v) is 6.59. The molecule has 0 N–H and O–H groups in total. The minimum atomic E-state index is -0.216. The molecule has 1 fully saturated rings. The van der Waals surface area contributed by atoms with Gasteiger partial charge >= 0.3 is 0 Å². The second-order valence-electron chi connectivity index (χ2n) is 7.89. The normalized spacial score (nSPS) is 17.4. The molecule has 0 aromatic carbocycles. The lowest BCUT2D eigenvalue weighted by atomic mass is 10.2. The number of thioether (sulfide) groups is 1. The summed E-state index contributed by atoms with van der Waals surface area (Å²) >= 11 is 3.14. The van der Waals surface area contributed by atoms with Crippen LogP contribution in [0.25, 0.3) is 10.2 Å². The van der Waals surface area contributed by atoms with Gasteiger partial charge in [-0.2, -0.15) is 0 Å². The Hall–Kier alpha value is -1.34. The van der Waals surface area contributed by atoms with Crippen molar-refractivity contribution in [1.82, 2.24) is 14.5 Å². The average Bonchev–Trinajstić information content (AvgIpc) is 3.40. The van der Waals surface area contributed by atoms with E-state index in [0.717, 1.165) is 74.7 Å². The number of hydrogen-bond donors (Lipinski definition) is 0. The van der Waals surface area contributed by atoms with Gasteiger partial charge in [-0.1, -0.05) is 31.5 Å². The van der Waals surface area contributed by atoms with Crippen molar-refractivity contribution >= 4 is 39.2 Å². The smallest absolute Gasteiger partial charge is 0.263 e. The standard InChI is InChI=1S/C21H29N3O2S2/c1-3-4-5-13-24-20(26)17-15-9-8-10-16(15)28-18(17)22-21(24)27-14(2)19(25)23-11-6-7-12-23/h14H,3-13H2,1-2H3. The number of aryl methyl sites for hydroxylation is 2. The second-order valence-corrected chi connectivity index (χ2v) is 10.3. The summed E-state index contributed by atoms with van der Waals surface area (Å²) in [5, 5.41) is 1.34. The van der Waals surface area contributed by atoms with E-state index in [-0.39, 0.29) is 16.7 Å². The van der Waals surface area contributed by atoms with Gasteiger partial charge in [-0.05, 0) is 51.0 Å². The molecular weight excluding hydrogens is 390 g/mol. The quantitative estimate of drug-likeness (QED) is 0.383. The van der Waals surface area contributed by atoms with Crippen LogP contribution in [-0.4, -0.2) is 38.7 Å². The molecule has 0 bridgehead atoms. The van der Waals surface area contributed by atoms with Crippen LogP contribution in [0, 0.1) is 0 Å². The second kappa shape index (κ2) is 8.57. The number of likely N-dealkylation sites (tertiary alicyclic amines) is 1. The summed E-state index contributed by atoms with van der Waals surface area (Å²) in [5.74, 6) is 0.172. The van der Waals surface area contributed by atoms with Gasteiger partial charge in [0.1, 0.15) is 4.83 Å². The van der Waals surface area contributed by atoms with E-state index in [2.05, 4.69) is 6.92 Å². The van der Waals surface area contributed by atoms with Crippen LogP contribution in [0.15, 0.2) is 9.95 Å². The van der Waals surface area contributed by atoms with Crippen molar-refractivity contribution in [3.05, 3.63) is 20.8 Å². The van der Waals surface area contributed by atoms with Crippen LogP contribution in [0.1, 0.15) is 62.8 Å². The van der Waals surface area contributed by atoms with E-state index in [9.17, 15) is 9.59 Å². The zero-order valence-corrected chi connectivity index (χ0v) is 18.5. The van der Waals surface area contributed by atoms with Crippen LogP contribution >= 0.6 is 23.1 Å². The molecule has 152 valence electrons. The molecule has 1 aliphatic heterocycles. The highest BCUT2D eigenvalue weighted by atomic mass is 32.2. The lowest BCUT2D eigenvalue weighted by Gasteiger charge is -2.21. The Morgan fingerprint density at radius 3 is 2.75 bits per heavy atom. The summed E-state index contributed by atoms with van der Waals surface area (Å²) < 4.78 is 1.85. The number of aromatic nitrogens is 2. The molecule has 1 amide bonds. The molecule has 0 saturated carbocycles. The Kier molecular flexibility index (Phi) is 6.11. The largest absolute Gasteiger partial charge is 0.342 e. The van der Waals surface area contributed by atoms with E-state index in [1.54, 1.807) is 11.3 Å². The van der Waals surface area contributed by atoms with Gasteiger partial charge in [0.15, 0.2) is 5.16 Å². The molecule has 1 saturated heterocycles. The minimum absolute atomic E-state index is 0.101. The van der Waals surface area contributed by atoms with Gasteiger partial charge in [-0.15, -0.1) is 11.3 Å². The lowest BCUT2D eigenvalue weighted by Crippen LogP contribution is -2.34. The minimum Gasteiger partial charge on any atom is -0.342 e. The van der Waals surface area contributed by atoms with Gasteiger partial charge in [0.2, 0.25) is 5.91 Å². The number of fused-ring (bicyclic) bond motifs is 3. The van der Waals surface area contributed by atoms with Crippen molar-refractivity contribution < 1.29 is 4.79 Å². The summed E-state index contributed by atoms with van der Waals surface area (Å²) in [6, 6.07) is 0. The SMILES string of the molecule is CCCCCn1c(SC(C)C(=O)N2CCCC2)nc2sc3c(c2c1=O)CCC3. The number of rotatable bonds is 7. The maximum absolute atomic E-state index is 13.4. The van der Waals surface area contributed by atoms with E-state index in [1.165, 1.54) is 22.2 Å². The Labute approximate surface area is 174 Å². The molecule has 2 aromatic heterocycles. The zero-order chi connectivity index (χ0) is 19.7. The summed E-state index contributed by atoms with van der Waals surface area (Å²) in [5.41, 5.74) is 1.34. The predicted octanol–water partition coefficient (Wildman–Crippen LogP) is 4.24. The molecule has 28 heavy (non-hydrogen) atoms. The summed E-state index contributed by atoms with van der Waals surface area (Å²) in [4.78, 5) is 35.2. The first-order valence-electron chi connectivity index (χ1n) is 10.6. The van der Waals surface area contributed by atoms with Gasteiger partial charge < -0.3 is 4.90 Å². The van der Waals surface area contributed by atoms with E-state index in [1.807, 2.05) is 16.4 Å². The molecule has 5 nitrogen and oxygen atoms in total. The first-order valence-corrected chi connectivity index (χ1v) is 12.3. The van der Waals surface area contributed by atoms with Crippen molar-refractivity contribution in [3.8, 4) is 0 Å². The van der Waals surface area contributed by atoms with Crippen LogP contribution in [0.2, 0.25) is 0 Å². The van der Waals surface area contributed by atoms with E-state index >= 15 is 0 Å². The van der Waals surface area contributed by atoms with Crippen LogP contribution in [0.5, 0.6) is 0 Å². The molecule has 0 radical (unpaired) electrons. The molecular formula is C21H29N3O2S2. The van der Waals surface area contributed by atoms with Gasteiger partial charge in [-0.25, -0.2) is 4.98 Å². The van der Waals surface area contributed by atoms with Crippen molar-refractivity contribution in [3.63, 3.8) is 0 Å². The van der Waals surface area contributed by atoms with Crippen LogP contribution in [0.4, 0.5) is 0 Å². The molecule has 4 rings (SSSR count). The molecule has 1 unspecified atom stereocenters. The molecule has 0 spiro atoms. The Morgan fingerprint density at radius 1 is 1.21 bits per heavy atom. The molecule has 1 atom stereocenters. The monoisotopic (exact) mass is 419 g/mol. The average molecular weight is 420 g/mol. The Morgan fingerprint density at radius 2 is 2.00 bits per heavy atom. The molecule has 2 aromatic rings. The lowest BCUT2D eigenvalue weighted by molar-refractivity contribution is -0.129. The van der Waals surface area contributed by atoms with Gasteiger partial charge in [0, 0.05) is 24.5 Å². The van der Waals surface area contributed by atoms with E-state index in [0.29, 0.717) is 11.7 Å². The number of thiophene rings is 1. The zero-order valence-electron chi connectivity index (χ0n) is 16.8. The fourth-order valence-electron chi connectivity index (χ4n) is 4.27. The maximum Gasteiger partial charge on any atom is 0.263 e. The number of hydrogen-bond acceptors (Lipinski definition) is 5. The highest BCUT2D eigenvalue weighted by Gasteiger charge is 2.27. The first-order chi connectivity index (χ1) is 13.6. The van der Waals surface area contributed by atoms with Gasteiger partial charge in [0.25, 0.3) is 5.56 Å². The highest BCUT2D eigenvalue weighted by molar-refractivity contribution is 8.00. The van der Waals surface area contributed by atoms with Crippen LogP contribution in [-0.2, 0) is 24.2 Å². The molecule has 3 heterocycles. The summed E-state index contributed by atoms with van der Waals surface area (Å²) in [6.45, 7) is 6.52. The highest BCUT2D eigenvalue weighted by Crippen LogP contribution is 2.36. The predicted molar refractivity (Wildman–Crippen MR) is 117 cm³/mol. The third kappa shape index (κ3) is 3.75. The van der Waals surface area contributed by atoms with Gasteiger partial charge in [0.05, 0.1) is 10.6 Å². The fraction of sp³-hybridized carbons (Fsp3) is 0.667. The van der Waals surface area contributed by atoms with E-state index in [4.69, 9.17) is 4.98 Å². The Bertz CT molecular complexity index is 928. The van der Waals surface area contributed by atoms with Gasteiger partial charge in [-0.3, -0.25) is 14.2 Å². The van der Waals surface area contributed by atoms with Crippen LogP contribution in [0.3, 0.4) is 0 Å².